The van der Waals surface area contributed by atoms with Crippen LogP contribution in [0.5, 0.6) is 0 Å². The second-order valence-corrected chi connectivity index (χ2v) is 11.0. The summed E-state index contributed by atoms with van der Waals surface area (Å²) < 4.78 is 0. The largest absolute Gasteiger partial charge is 0.387 e. The minimum absolute atomic E-state index is 0.265. The molecular weight excluding hydrogens is 428 g/mol. The lowest BCUT2D eigenvalue weighted by Crippen LogP contribution is -2.17. The van der Waals surface area contributed by atoms with Gasteiger partial charge in [0, 0.05) is 41.5 Å². The first-order chi connectivity index (χ1) is 15.2. The highest BCUT2D eigenvalue weighted by molar-refractivity contribution is 7.99. The van der Waals surface area contributed by atoms with Gasteiger partial charge in [0.1, 0.15) is 0 Å². The predicted octanol–water partition coefficient (Wildman–Crippen LogP) is 8.05. The second kappa shape index (κ2) is 10.7. The molecule has 32 heavy (non-hydrogen) atoms. The van der Waals surface area contributed by atoms with Crippen LogP contribution in [0.25, 0.3) is 0 Å². The lowest BCUT2D eigenvalue weighted by Gasteiger charge is -2.30. The van der Waals surface area contributed by atoms with Crippen molar-refractivity contribution in [3.63, 3.8) is 0 Å². The third-order valence-electron chi connectivity index (χ3n) is 5.75. The van der Waals surface area contributed by atoms with Gasteiger partial charge < -0.3 is 10.2 Å². The van der Waals surface area contributed by atoms with Crippen molar-refractivity contribution < 1.29 is 0 Å². The van der Waals surface area contributed by atoms with Gasteiger partial charge in [0.15, 0.2) is 0 Å². The summed E-state index contributed by atoms with van der Waals surface area (Å²) in [5, 5.41) is 3.31. The fourth-order valence-electron chi connectivity index (χ4n) is 4.16. The topological polar surface area (TPSA) is 15.3 Å². The van der Waals surface area contributed by atoms with Crippen LogP contribution in [0, 0.1) is 19.3 Å². The molecule has 0 heterocycles. The lowest BCUT2D eigenvalue weighted by atomic mass is 9.75. The number of allylic oxidation sites excluding steroid dienone is 4. The zero-order valence-corrected chi connectivity index (χ0v) is 21.9. The molecule has 0 fully saturated rings. The summed E-state index contributed by atoms with van der Waals surface area (Å²) in [6.45, 7) is 8.98. The second-order valence-electron chi connectivity index (χ2n) is 9.50. The number of aryl methyl sites for hydroxylation is 2. The number of nitrogens with one attached hydrogen (secondary N) is 1. The maximum Gasteiger partial charge on any atom is 0.0539 e. The van der Waals surface area contributed by atoms with Crippen LogP contribution in [0.2, 0.25) is 0 Å². The molecule has 4 heteroatoms. The third kappa shape index (κ3) is 6.73. The average Bonchev–Trinajstić information content (AvgIpc) is 2.71. The normalized spacial score (nSPS) is 17.0. The molecule has 0 bridgehead atoms. The lowest BCUT2D eigenvalue weighted by molar-refractivity contribution is 0.355. The first-order valence-electron chi connectivity index (χ1n) is 11.2. The van der Waals surface area contributed by atoms with Gasteiger partial charge in [0.25, 0.3) is 0 Å². The van der Waals surface area contributed by atoms with E-state index >= 15 is 0 Å². The third-order valence-corrected chi connectivity index (χ3v) is 7.09. The van der Waals surface area contributed by atoms with E-state index in [1.54, 1.807) is 0 Å². The molecule has 170 valence electrons. The number of benzene rings is 2. The van der Waals surface area contributed by atoms with Crippen LogP contribution in [-0.2, 0) is 0 Å². The summed E-state index contributed by atoms with van der Waals surface area (Å²) in [7, 11) is 4.08. The highest BCUT2D eigenvalue weighted by Crippen LogP contribution is 2.39. The van der Waals surface area contributed by atoms with E-state index in [2.05, 4.69) is 118 Å². The fourth-order valence-corrected chi connectivity index (χ4v) is 5.67. The van der Waals surface area contributed by atoms with Crippen molar-refractivity contribution in [2.24, 2.45) is 5.41 Å². The van der Waals surface area contributed by atoms with E-state index < -0.39 is 0 Å². The van der Waals surface area contributed by atoms with Gasteiger partial charge in [-0.15, -0.1) is 24.4 Å². The number of thiol groups is 1. The maximum absolute atomic E-state index is 4.65. The smallest absolute Gasteiger partial charge is 0.0539 e. The summed E-state index contributed by atoms with van der Waals surface area (Å²) in [5.74, 6) is 0.976. The van der Waals surface area contributed by atoms with E-state index in [0.29, 0.717) is 0 Å². The Balaban J connectivity index is 1.73. The van der Waals surface area contributed by atoms with E-state index in [0.717, 1.165) is 29.2 Å². The molecule has 2 aromatic carbocycles. The fraction of sp³-hybridized carbons (Fsp3) is 0.357. The van der Waals surface area contributed by atoms with Gasteiger partial charge in [-0.2, -0.15) is 0 Å². The van der Waals surface area contributed by atoms with Gasteiger partial charge in [0.05, 0.1) is 5.69 Å². The van der Waals surface area contributed by atoms with Crippen LogP contribution >= 0.6 is 24.4 Å². The van der Waals surface area contributed by atoms with Crippen LogP contribution in [0.3, 0.4) is 0 Å². The van der Waals surface area contributed by atoms with Crippen molar-refractivity contribution in [2.75, 3.05) is 30.1 Å². The minimum atomic E-state index is 0.265. The molecule has 0 unspecified atom stereocenters. The zero-order chi connectivity index (χ0) is 23.3. The Hall–Kier alpha value is -2.04. The molecule has 0 saturated heterocycles. The predicted molar refractivity (Wildman–Crippen MR) is 147 cm³/mol. The summed E-state index contributed by atoms with van der Waals surface area (Å²) >= 11 is 6.55. The first kappa shape index (κ1) is 24.6. The van der Waals surface area contributed by atoms with Crippen LogP contribution in [0.1, 0.15) is 37.8 Å². The van der Waals surface area contributed by atoms with Gasteiger partial charge in [-0.05, 0) is 79.1 Å². The van der Waals surface area contributed by atoms with Gasteiger partial charge in [-0.1, -0.05) is 43.7 Å². The number of thioether (sulfide) groups is 1. The van der Waals surface area contributed by atoms with E-state index in [4.69, 9.17) is 0 Å². The van der Waals surface area contributed by atoms with Crippen molar-refractivity contribution in [3.05, 3.63) is 83.1 Å². The van der Waals surface area contributed by atoms with Crippen molar-refractivity contribution in [1.82, 2.24) is 0 Å². The maximum atomic E-state index is 4.65. The molecule has 0 atom stereocenters. The Labute approximate surface area is 204 Å². The highest BCUT2D eigenvalue weighted by Gasteiger charge is 2.24. The van der Waals surface area contributed by atoms with Crippen molar-refractivity contribution >= 4 is 35.8 Å². The quantitative estimate of drug-likeness (QED) is 0.318. The van der Waals surface area contributed by atoms with E-state index in [9.17, 15) is 0 Å². The standard InChI is InChI=1S/C28H36N2S2/c1-20-8-10-25(26(31)15-20)30(6)13-11-22-17-23(19-28(3,4)18-22)12-14-32-27-16-21(2)7-9-24(27)29-5/h7-13,15-17,29,31H,14,18-19H2,1-6H3. The molecule has 0 saturated carbocycles. The Morgan fingerprint density at radius 2 is 1.81 bits per heavy atom. The van der Waals surface area contributed by atoms with E-state index in [-0.39, 0.29) is 5.41 Å². The molecule has 1 aliphatic rings. The van der Waals surface area contributed by atoms with Crippen molar-refractivity contribution in [3.8, 4) is 0 Å². The van der Waals surface area contributed by atoms with Gasteiger partial charge >= 0.3 is 0 Å². The van der Waals surface area contributed by atoms with Crippen molar-refractivity contribution in [1.29, 1.82) is 0 Å². The Kier molecular flexibility index (Phi) is 8.24. The Morgan fingerprint density at radius 1 is 1.09 bits per heavy atom. The van der Waals surface area contributed by atoms with E-state index in [1.165, 1.54) is 32.9 Å². The molecule has 1 aliphatic carbocycles. The van der Waals surface area contributed by atoms with Crippen LogP contribution in [-0.4, -0.2) is 19.8 Å². The number of nitrogens with zero attached hydrogens (tertiary/aromatic N) is 1. The van der Waals surface area contributed by atoms with Gasteiger partial charge in [-0.25, -0.2) is 0 Å². The first-order valence-corrected chi connectivity index (χ1v) is 12.6. The van der Waals surface area contributed by atoms with Crippen LogP contribution in [0.15, 0.2) is 81.8 Å². The Morgan fingerprint density at radius 3 is 2.53 bits per heavy atom. The van der Waals surface area contributed by atoms with Crippen LogP contribution < -0.4 is 10.2 Å². The molecule has 0 aliphatic heterocycles. The van der Waals surface area contributed by atoms with Crippen molar-refractivity contribution in [2.45, 2.75) is 50.3 Å². The van der Waals surface area contributed by atoms with E-state index in [1.807, 2.05) is 18.8 Å². The molecular formula is C28H36N2S2. The SMILES string of the molecule is CNc1ccc(C)cc1SCC=C1C=C(C=CN(C)c2ccc(C)cc2S)CC(C)(C)C1. The number of hydrogen-bond acceptors (Lipinski definition) is 4. The summed E-state index contributed by atoms with van der Waals surface area (Å²) in [4.78, 5) is 4.47. The summed E-state index contributed by atoms with van der Waals surface area (Å²) in [6, 6.07) is 13.0. The average molecular weight is 465 g/mol. The molecule has 3 rings (SSSR count). The Bertz CT molecular complexity index is 1050. The minimum Gasteiger partial charge on any atom is -0.387 e. The number of anilines is 2. The number of hydrogen-bond donors (Lipinski definition) is 2. The summed E-state index contributed by atoms with van der Waals surface area (Å²) in [6.07, 6.45) is 11.4. The molecule has 2 nitrogen and oxygen atoms in total. The number of rotatable bonds is 7. The highest BCUT2D eigenvalue weighted by atomic mass is 32.2. The molecule has 1 N–H and O–H groups in total. The van der Waals surface area contributed by atoms with Gasteiger partial charge in [0.2, 0.25) is 0 Å². The molecule has 0 radical (unpaired) electrons. The molecule has 0 amide bonds. The molecule has 2 aromatic rings. The summed E-state index contributed by atoms with van der Waals surface area (Å²) in [5.41, 5.74) is 7.92. The van der Waals surface area contributed by atoms with Crippen LogP contribution in [0.4, 0.5) is 11.4 Å². The molecule has 0 aromatic heterocycles. The monoisotopic (exact) mass is 464 g/mol. The zero-order valence-electron chi connectivity index (χ0n) is 20.2. The van der Waals surface area contributed by atoms with Gasteiger partial charge in [-0.3, -0.25) is 0 Å². The molecule has 0 spiro atoms.